The zero-order valence-corrected chi connectivity index (χ0v) is 4.37. The van der Waals surface area contributed by atoms with Crippen LogP contribution in [0.3, 0.4) is 0 Å². The molecule has 0 atom stereocenters. The van der Waals surface area contributed by atoms with Crippen molar-refractivity contribution < 1.29 is 0 Å². The van der Waals surface area contributed by atoms with Gasteiger partial charge in [-0.3, -0.25) is 0 Å². The first-order valence-electron chi connectivity index (χ1n) is 0.585. The molecule has 0 saturated carbocycles. The molecule has 0 aliphatic heterocycles. The monoisotopic (exact) mass is 108 g/mol. The van der Waals surface area contributed by atoms with Gasteiger partial charge in [0.05, 0.1) is 0 Å². The Kier molecular flexibility index (Phi) is 2.57. The third-order valence-electron chi connectivity index (χ3n) is 0. The topological polar surface area (TPSA) is 0 Å². The van der Waals surface area contributed by atoms with Crippen LogP contribution in [-0.4, -0.2) is 6.53 Å². The maximum atomic E-state index is 4.82. The predicted octanol–water partition coefficient (Wildman–Crippen LogP) is -0.00510. The van der Waals surface area contributed by atoms with Crippen molar-refractivity contribution >= 4 is 37.1 Å². The Morgan fingerprint density at radius 2 is 2.00 bits per heavy atom. The van der Waals surface area contributed by atoms with Crippen LogP contribution in [-0.2, 0) is 18.9 Å². The molecule has 0 aromatic carbocycles. The number of hydrogen-bond acceptors (Lipinski definition) is 1. The SMILES string of the molecule is B#S(=S)S. The van der Waals surface area contributed by atoms with Crippen LogP contribution in [0.1, 0.15) is 0 Å². The van der Waals surface area contributed by atoms with E-state index in [9.17, 15) is 0 Å². The second-order valence-corrected chi connectivity index (χ2v) is 3.83. The molecular weight excluding hydrogens is 107 g/mol. The molecular formula is HBS3. The van der Waals surface area contributed by atoms with E-state index in [0.717, 1.165) is 0 Å². The van der Waals surface area contributed by atoms with Gasteiger partial charge in [0, 0.05) is 0 Å². The van der Waals surface area contributed by atoms with E-state index >= 15 is 0 Å². The fourth-order valence-corrected chi connectivity index (χ4v) is 0. The molecule has 0 N–H and O–H groups in total. The molecule has 0 aliphatic rings. The van der Waals surface area contributed by atoms with Crippen molar-refractivity contribution in [1.29, 1.82) is 0 Å². The van der Waals surface area contributed by atoms with Crippen LogP contribution >= 0.6 is 11.7 Å². The predicted molar refractivity (Wildman–Crippen MR) is 29.5 cm³/mol. The van der Waals surface area contributed by atoms with E-state index in [0.29, 0.717) is 0 Å². The summed E-state index contributed by atoms with van der Waals surface area (Å²) in [6.45, 7) is 4.82. The van der Waals surface area contributed by atoms with Crippen LogP contribution in [0.2, 0.25) is 0 Å². The van der Waals surface area contributed by atoms with E-state index in [4.69, 9.17) is 6.53 Å². The molecule has 0 saturated heterocycles. The summed E-state index contributed by atoms with van der Waals surface area (Å²) in [5.74, 6) is 0. The Morgan fingerprint density at radius 3 is 2.00 bits per heavy atom. The number of thiol groups is 1. The Hall–Kier alpha value is 0.855. The molecule has 0 unspecified atom stereocenters. The summed E-state index contributed by atoms with van der Waals surface area (Å²) in [6, 6.07) is 0. The molecule has 0 bridgehead atoms. The Balaban J connectivity index is 3.85. The van der Waals surface area contributed by atoms with Crippen molar-refractivity contribution in [1.82, 2.24) is 0 Å². The van der Waals surface area contributed by atoms with Crippen LogP contribution in [0.15, 0.2) is 0 Å². The molecule has 0 amide bonds. The third kappa shape index (κ3) is 13.4. The van der Waals surface area contributed by atoms with Gasteiger partial charge in [-0.2, -0.15) is 0 Å². The van der Waals surface area contributed by atoms with E-state index in [-0.39, 0.29) is 0 Å². The van der Waals surface area contributed by atoms with E-state index in [2.05, 4.69) is 22.8 Å². The van der Waals surface area contributed by atoms with Crippen LogP contribution in [0.25, 0.3) is 0 Å². The Bertz CT molecular complexity index is 93.4. The second-order valence-electron chi connectivity index (χ2n) is 0.276. The Labute approximate surface area is 37.5 Å². The zero-order chi connectivity index (χ0) is 3.58. The van der Waals surface area contributed by atoms with Crippen molar-refractivity contribution in [2.75, 3.05) is 0 Å². The minimum atomic E-state index is -0.583. The molecule has 0 aromatic rings. The van der Waals surface area contributed by atoms with Crippen molar-refractivity contribution in [3.63, 3.8) is 0 Å². The molecule has 0 aromatic heterocycles. The summed E-state index contributed by atoms with van der Waals surface area (Å²) in [6.07, 6.45) is 0. The normalized spacial score (nSPS) is 6.75. The molecule has 0 heterocycles. The molecule has 4 heteroatoms. The number of hydrogen-bond donors (Lipinski definition) is 1. The molecule has 0 nitrogen and oxygen atoms in total. The number of rotatable bonds is 0. The van der Waals surface area contributed by atoms with Crippen LogP contribution in [0.5, 0.6) is 0 Å². The summed E-state index contributed by atoms with van der Waals surface area (Å²) < 4.78 is 0. The van der Waals surface area contributed by atoms with E-state index in [1.807, 2.05) is 0 Å². The van der Waals surface area contributed by atoms with Crippen molar-refractivity contribution in [3.05, 3.63) is 0 Å². The molecule has 0 spiro atoms. The quantitative estimate of drug-likeness (QED) is 0.259. The summed E-state index contributed by atoms with van der Waals surface area (Å²) >= 11 is 7.88. The average molecular weight is 108 g/mol. The van der Waals surface area contributed by atoms with Gasteiger partial charge in [0.1, 0.15) is 0 Å². The summed E-state index contributed by atoms with van der Waals surface area (Å²) in [5.41, 5.74) is 0. The third-order valence-corrected chi connectivity index (χ3v) is 0. The van der Waals surface area contributed by atoms with E-state index < -0.39 is 7.72 Å². The average Bonchev–Trinajstić information content (AvgIpc) is 0.811. The van der Waals surface area contributed by atoms with Gasteiger partial charge in [-0.05, 0) is 0 Å². The van der Waals surface area contributed by atoms with E-state index in [1.165, 1.54) is 0 Å². The van der Waals surface area contributed by atoms with Crippen LogP contribution in [0.4, 0.5) is 0 Å². The molecule has 4 heavy (non-hydrogen) atoms. The van der Waals surface area contributed by atoms with Crippen LogP contribution in [0, 0.1) is 0 Å². The van der Waals surface area contributed by atoms with Gasteiger partial charge >= 0.3 is 37.1 Å². The van der Waals surface area contributed by atoms with Gasteiger partial charge in [0.15, 0.2) is 0 Å². The molecule has 0 radical (unpaired) electrons. The zero-order valence-electron chi connectivity index (χ0n) is 1.84. The van der Waals surface area contributed by atoms with Crippen molar-refractivity contribution in [2.24, 2.45) is 0 Å². The fourth-order valence-electron chi connectivity index (χ4n) is 0. The molecule has 0 rings (SSSR count). The van der Waals surface area contributed by atoms with Gasteiger partial charge in [-0.1, -0.05) is 0 Å². The molecule has 22 valence electrons. The van der Waals surface area contributed by atoms with Gasteiger partial charge in [0.25, 0.3) is 0 Å². The standard InChI is InChI=1S/BHS3/c1-4(2)3/h(H,2,3). The minimum absolute atomic E-state index is 0.583. The van der Waals surface area contributed by atoms with Gasteiger partial charge < -0.3 is 0 Å². The fraction of sp³-hybridized carbons (Fsp3) is 0. The first-order valence-corrected chi connectivity index (χ1v) is 3.85. The van der Waals surface area contributed by atoms with E-state index in [1.54, 1.807) is 0 Å². The summed E-state index contributed by atoms with van der Waals surface area (Å²) in [4.78, 5) is 0. The first kappa shape index (κ1) is 4.85. The van der Waals surface area contributed by atoms with Gasteiger partial charge in [-0.15, -0.1) is 0 Å². The Morgan fingerprint density at radius 1 is 2.00 bits per heavy atom. The maximum absolute atomic E-state index is 4.82. The first-order chi connectivity index (χ1) is 1.73. The van der Waals surface area contributed by atoms with Crippen molar-refractivity contribution in [3.8, 4) is 0 Å². The summed E-state index contributed by atoms with van der Waals surface area (Å²) in [7, 11) is -0.583. The van der Waals surface area contributed by atoms with Gasteiger partial charge in [-0.25, -0.2) is 0 Å². The second kappa shape index (κ2) is 2.11. The summed E-state index contributed by atoms with van der Waals surface area (Å²) in [5, 5.41) is 0. The van der Waals surface area contributed by atoms with Gasteiger partial charge in [0.2, 0.25) is 0 Å². The van der Waals surface area contributed by atoms with Crippen LogP contribution < -0.4 is 0 Å². The molecule has 0 fully saturated rings. The van der Waals surface area contributed by atoms with Crippen molar-refractivity contribution in [2.45, 2.75) is 0 Å². The molecule has 0 aliphatic carbocycles.